The Bertz CT molecular complexity index is 854. The SMILES string of the molecule is CC1Oc2ccccc2N(CCC(=O)N2CCSc3ccccc32)C1=O. The summed E-state index contributed by atoms with van der Waals surface area (Å²) >= 11 is 1.77. The Morgan fingerprint density at radius 3 is 2.73 bits per heavy atom. The number of fused-ring (bicyclic) bond motifs is 2. The van der Waals surface area contributed by atoms with Crippen LogP contribution >= 0.6 is 11.8 Å². The Hall–Kier alpha value is -2.47. The monoisotopic (exact) mass is 368 g/mol. The van der Waals surface area contributed by atoms with E-state index >= 15 is 0 Å². The van der Waals surface area contributed by atoms with Gasteiger partial charge in [-0.1, -0.05) is 24.3 Å². The fraction of sp³-hybridized carbons (Fsp3) is 0.300. The zero-order valence-electron chi connectivity index (χ0n) is 14.6. The standard InChI is InChI=1S/C20H20N2O3S/c1-14-20(24)22(15-6-2-4-8-17(15)25-14)11-10-19(23)21-12-13-26-18-9-5-3-7-16(18)21/h2-9,14H,10-13H2,1H3. The van der Waals surface area contributed by atoms with Crippen molar-refractivity contribution in [3.63, 3.8) is 0 Å². The number of amides is 2. The number of carbonyl (C=O) groups is 2. The van der Waals surface area contributed by atoms with E-state index in [4.69, 9.17) is 4.74 Å². The van der Waals surface area contributed by atoms with E-state index in [9.17, 15) is 9.59 Å². The summed E-state index contributed by atoms with van der Waals surface area (Å²) < 4.78 is 5.65. The molecule has 1 unspecified atom stereocenters. The summed E-state index contributed by atoms with van der Waals surface area (Å²) in [5, 5.41) is 0. The molecule has 5 nitrogen and oxygen atoms in total. The zero-order chi connectivity index (χ0) is 18.1. The topological polar surface area (TPSA) is 49.9 Å². The van der Waals surface area contributed by atoms with E-state index in [0.29, 0.717) is 18.8 Å². The van der Waals surface area contributed by atoms with Crippen LogP contribution in [0.5, 0.6) is 5.75 Å². The van der Waals surface area contributed by atoms with Crippen LogP contribution < -0.4 is 14.5 Å². The van der Waals surface area contributed by atoms with Crippen molar-refractivity contribution in [2.45, 2.75) is 24.3 Å². The lowest BCUT2D eigenvalue weighted by Gasteiger charge is -2.34. The van der Waals surface area contributed by atoms with E-state index in [0.717, 1.165) is 22.0 Å². The zero-order valence-corrected chi connectivity index (χ0v) is 15.4. The van der Waals surface area contributed by atoms with Crippen LogP contribution in [-0.4, -0.2) is 36.8 Å². The van der Waals surface area contributed by atoms with Gasteiger partial charge in [0.25, 0.3) is 5.91 Å². The van der Waals surface area contributed by atoms with Crippen LogP contribution in [0, 0.1) is 0 Å². The van der Waals surface area contributed by atoms with Crippen molar-refractivity contribution in [2.75, 3.05) is 28.6 Å². The number of nitrogens with zero attached hydrogens (tertiary/aromatic N) is 2. The molecule has 26 heavy (non-hydrogen) atoms. The maximum absolute atomic E-state index is 12.9. The lowest BCUT2D eigenvalue weighted by molar-refractivity contribution is -0.125. The fourth-order valence-corrected chi connectivity index (χ4v) is 4.36. The van der Waals surface area contributed by atoms with Gasteiger partial charge in [-0.05, 0) is 31.2 Å². The number of hydrogen-bond acceptors (Lipinski definition) is 4. The highest BCUT2D eigenvalue weighted by Crippen LogP contribution is 2.36. The minimum absolute atomic E-state index is 0.0437. The first-order valence-corrected chi connectivity index (χ1v) is 9.73. The fourth-order valence-electron chi connectivity index (χ4n) is 3.36. The van der Waals surface area contributed by atoms with Crippen LogP contribution in [0.1, 0.15) is 13.3 Å². The smallest absolute Gasteiger partial charge is 0.267 e. The van der Waals surface area contributed by atoms with E-state index < -0.39 is 6.10 Å². The van der Waals surface area contributed by atoms with Gasteiger partial charge in [-0.25, -0.2) is 0 Å². The average Bonchev–Trinajstić information content (AvgIpc) is 2.67. The number of para-hydroxylation sites is 3. The van der Waals surface area contributed by atoms with Crippen molar-refractivity contribution in [1.29, 1.82) is 0 Å². The van der Waals surface area contributed by atoms with E-state index in [1.54, 1.807) is 23.6 Å². The molecule has 0 bridgehead atoms. The number of ether oxygens (including phenoxy) is 1. The van der Waals surface area contributed by atoms with Gasteiger partial charge in [-0.15, -0.1) is 11.8 Å². The molecule has 6 heteroatoms. The normalized spacial score (nSPS) is 18.8. The van der Waals surface area contributed by atoms with E-state index in [-0.39, 0.29) is 18.2 Å². The summed E-state index contributed by atoms with van der Waals surface area (Å²) in [7, 11) is 0. The number of anilines is 2. The maximum atomic E-state index is 12.9. The average molecular weight is 368 g/mol. The van der Waals surface area contributed by atoms with Crippen LogP contribution in [0.3, 0.4) is 0 Å². The molecule has 0 fully saturated rings. The summed E-state index contributed by atoms with van der Waals surface area (Å²) in [6.45, 7) is 2.80. The van der Waals surface area contributed by atoms with Gasteiger partial charge in [0.05, 0.1) is 11.4 Å². The molecule has 0 aliphatic carbocycles. The Morgan fingerprint density at radius 2 is 1.88 bits per heavy atom. The summed E-state index contributed by atoms with van der Waals surface area (Å²) in [6.07, 6.45) is -0.252. The summed E-state index contributed by atoms with van der Waals surface area (Å²) in [6, 6.07) is 15.4. The van der Waals surface area contributed by atoms with E-state index in [1.807, 2.05) is 53.4 Å². The van der Waals surface area contributed by atoms with E-state index in [1.165, 1.54) is 0 Å². The van der Waals surface area contributed by atoms with Crippen molar-refractivity contribution in [3.05, 3.63) is 48.5 Å². The van der Waals surface area contributed by atoms with Gasteiger partial charge in [0.2, 0.25) is 5.91 Å². The molecule has 0 spiro atoms. The molecule has 0 saturated carbocycles. The molecule has 2 aliphatic heterocycles. The third kappa shape index (κ3) is 3.05. The predicted molar refractivity (Wildman–Crippen MR) is 103 cm³/mol. The van der Waals surface area contributed by atoms with Crippen LogP contribution in [-0.2, 0) is 9.59 Å². The molecule has 2 aromatic carbocycles. The Labute approximate surface area is 156 Å². The number of rotatable bonds is 3. The molecule has 0 aromatic heterocycles. The molecule has 0 N–H and O–H groups in total. The highest BCUT2D eigenvalue weighted by molar-refractivity contribution is 7.99. The summed E-state index contributed by atoms with van der Waals surface area (Å²) in [5.41, 5.74) is 1.70. The van der Waals surface area contributed by atoms with Gasteiger partial charge >= 0.3 is 0 Å². The summed E-state index contributed by atoms with van der Waals surface area (Å²) in [4.78, 5) is 30.0. The van der Waals surface area contributed by atoms with Gasteiger partial charge in [0.15, 0.2) is 6.10 Å². The van der Waals surface area contributed by atoms with Crippen LogP contribution in [0.4, 0.5) is 11.4 Å². The second kappa shape index (κ2) is 7.03. The highest BCUT2D eigenvalue weighted by atomic mass is 32.2. The Morgan fingerprint density at radius 1 is 1.15 bits per heavy atom. The van der Waals surface area contributed by atoms with Gasteiger partial charge in [-0.3, -0.25) is 9.59 Å². The number of benzene rings is 2. The Balaban J connectivity index is 1.51. The minimum Gasteiger partial charge on any atom is -0.479 e. The van der Waals surface area contributed by atoms with Crippen molar-refractivity contribution in [1.82, 2.24) is 0 Å². The Kier molecular flexibility index (Phi) is 4.59. The molecule has 1 atom stereocenters. The molecule has 2 heterocycles. The largest absolute Gasteiger partial charge is 0.479 e. The van der Waals surface area contributed by atoms with Gasteiger partial charge in [-0.2, -0.15) is 0 Å². The molecular formula is C20H20N2O3S. The first-order chi connectivity index (χ1) is 12.6. The van der Waals surface area contributed by atoms with Crippen LogP contribution in [0.25, 0.3) is 0 Å². The number of thioether (sulfide) groups is 1. The molecule has 0 saturated heterocycles. The van der Waals surface area contributed by atoms with Crippen LogP contribution in [0.2, 0.25) is 0 Å². The molecular weight excluding hydrogens is 348 g/mol. The van der Waals surface area contributed by atoms with E-state index in [2.05, 4.69) is 0 Å². The molecule has 134 valence electrons. The highest BCUT2D eigenvalue weighted by Gasteiger charge is 2.32. The first-order valence-electron chi connectivity index (χ1n) is 8.74. The van der Waals surface area contributed by atoms with Gasteiger partial charge in [0.1, 0.15) is 5.75 Å². The van der Waals surface area contributed by atoms with Crippen molar-refractivity contribution in [3.8, 4) is 5.75 Å². The van der Waals surface area contributed by atoms with Gasteiger partial charge in [0, 0.05) is 30.2 Å². The second-order valence-corrected chi connectivity index (χ2v) is 7.47. The molecule has 4 rings (SSSR count). The third-order valence-electron chi connectivity index (χ3n) is 4.65. The molecule has 2 aliphatic rings. The first kappa shape index (κ1) is 17.0. The third-order valence-corrected chi connectivity index (χ3v) is 5.70. The van der Waals surface area contributed by atoms with Gasteiger partial charge < -0.3 is 14.5 Å². The lowest BCUT2D eigenvalue weighted by Crippen LogP contribution is -2.46. The molecule has 0 radical (unpaired) electrons. The summed E-state index contributed by atoms with van der Waals surface area (Å²) in [5.74, 6) is 1.51. The maximum Gasteiger partial charge on any atom is 0.267 e. The lowest BCUT2D eigenvalue weighted by atomic mass is 10.1. The number of hydrogen-bond donors (Lipinski definition) is 0. The minimum atomic E-state index is -0.535. The quantitative estimate of drug-likeness (QED) is 0.834. The second-order valence-electron chi connectivity index (χ2n) is 6.33. The van der Waals surface area contributed by atoms with Crippen molar-refractivity contribution in [2.24, 2.45) is 0 Å². The molecule has 2 aromatic rings. The van der Waals surface area contributed by atoms with Crippen LogP contribution in [0.15, 0.2) is 53.4 Å². The molecule has 2 amide bonds. The number of carbonyl (C=O) groups excluding carboxylic acids is 2. The van der Waals surface area contributed by atoms with Crippen molar-refractivity contribution < 1.29 is 14.3 Å². The van der Waals surface area contributed by atoms with Crippen molar-refractivity contribution >= 4 is 35.0 Å². The predicted octanol–water partition coefficient (Wildman–Crippen LogP) is 3.33.